The minimum atomic E-state index is 0.397. The fraction of sp³-hybridized carbons (Fsp3) is 0.647. The number of hydrogen-bond acceptors (Lipinski definition) is 2. The van der Waals surface area contributed by atoms with Gasteiger partial charge in [-0.1, -0.05) is 30.5 Å². The zero-order valence-corrected chi connectivity index (χ0v) is 12.3. The van der Waals surface area contributed by atoms with Gasteiger partial charge in [-0.25, -0.2) is 0 Å². The molecular weight excluding hydrogens is 232 g/mol. The molecule has 0 unspecified atom stereocenters. The van der Waals surface area contributed by atoms with Crippen molar-refractivity contribution in [2.45, 2.75) is 51.5 Å². The third-order valence-electron chi connectivity index (χ3n) is 4.85. The summed E-state index contributed by atoms with van der Waals surface area (Å²) in [5.41, 5.74) is 4.63. The predicted molar refractivity (Wildman–Crippen MR) is 81.9 cm³/mol. The van der Waals surface area contributed by atoms with Crippen LogP contribution in [0.15, 0.2) is 18.2 Å². The Morgan fingerprint density at radius 1 is 1.11 bits per heavy atom. The molecule has 0 amide bonds. The molecule has 1 aromatic rings. The Morgan fingerprint density at radius 2 is 1.89 bits per heavy atom. The van der Waals surface area contributed by atoms with Gasteiger partial charge in [-0.2, -0.15) is 0 Å². The molecule has 19 heavy (non-hydrogen) atoms. The van der Waals surface area contributed by atoms with Crippen molar-refractivity contribution in [2.24, 2.45) is 0 Å². The molecule has 1 heterocycles. The highest BCUT2D eigenvalue weighted by atomic mass is 15.2. The van der Waals surface area contributed by atoms with Gasteiger partial charge in [0, 0.05) is 24.3 Å². The minimum Gasteiger partial charge on any atom is -0.369 e. The molecule has 1 aromatic carbocycles. The number of hydrogen-bond donors (Lipinski definition) is 1. The van der Waals surface area contributed by atoms with Crippen LogP contribution >= 0.6 is 0 Å². The number of nitrogens with one attached hydrogen (secondary N) is 1. The molecule has 0 aromatic heterocycles. The molecule has 2 aliphatic rings. The van der Waals surface area contributed by atoms with E-state index in [2.05, 4.69) is 42.3 Å². The van der Waals surface area contributed by atoms with Crippen LogP contribution in [0.4, 0.5) is 5.69 Å². The SMILES string of the molecule is Cc1ccc(N2CCCNC3(CCCC3)C2)c(C)c1. The molecule has 1 aliphatic carbocycles. The first-order valence-electron chi connectivity index (χ1n) is 7.76. The van der Waals surface area contributed by atoms with E-state index in [1.54, 1.807) is 0 Å². The molecule has 2 nitrogen and oxygen atoms in total. The third-order valence-corrected chi connectivity index (χ3v) is 4.85. The lowest BCUT2D eigenvalue weighted by molar-refractivity contribution is 0.354. The van der Waals surface area contributed by atoms with Crippen molar-refractivity contribution in [2.75, 3.05) is 24.5 Å². The molecule has 2 heteroatoms. The highest BCUT2D eigenvalue weighted by molar-refractivity contribution is 5.55. The van der Waals surface area contributed by atoms with Crippen LogP contribution in [0, 0.1) is 13.8 Å². The molecule has 3 rings (SSSR count). The van der Waals surface area contributed by atoms with Crippen LogP contribution in [0.3, 0.4) is 0 Å². The van der Waals surface area contributed by atoms with Crippen LogP contribution in [0.2, 0.25) is 0 Å². The molecule has 1 N–H and O–H groups in total. The second-order valence-corrected chi connectivity index (χ2v) is 6.48. The summed E-state index contributed by atoms with van der Waals surface area (Å²) >= 11 is 0. The van der Waals surface area contributed by atoms with Crippen LogP contribution < -0.4 is 10.2 Å². The van der Waals surface area contributed by atoms with E-state index in [-0.39, 0.29) is 0 Å². The largest absolute Gasteiger partial charge is 0.369 e. The van der Waals surface area contributed by atoms with E-state index in [4.69, 9.17) is 0 Å². The van der Waals surface area contributed by atoms with Gasteiger partial charge >= 0.3 is 0 Å². The number of benzene rings is 1. The van der Waals surface area contributed by atoms with Gasteiger partial charge in [0.25, 0.3) is 0 Å². The smallest absolute Gasteiger partial charge is 0.0396 e. The van der Waals surface area contributed by atoms with Crippen molar-refractivity contribution in [3.63, 3.8) is 0 Å². The van der Waals surface area contributed by atoms with Crippen LogP contribution in [0.1, 0.15) is 43.2 Å². The summed E-state index contributed by atoms with van der Waals surface area (Å²) in [5.74, 6) is 0. The molecule has 1 aliphatic heterocycles. The van der Waals surface area contributed by atoms with Crippen molar-refractivity contribution in [1.82, 2.24) is 5.32 Å². The van der Waals surface area contributed by atoms with Gasteiger partial charge in [0.05, 0.1) is 0 Å². The van der Waals surface area contributed by atoms with E-state index in [1.807, 2.05) is 0 Å². The summed E-state index contributed by atoms with van der Waals surface area (Å²) in [6.07, 6.45) is 6.76. The van der Waals surface area contributed by atoms with Crippen molar-refractivity contribution < 1.29 is 0 Å². The average molecular weight is 258 g/mol. The van der Waals surface area contributed by atoms with Gasteiger partial charge in [-0.3, -0.25) is 0 Å². The lowest BCUT2D eigenvalue weighted by Crippen LogP contribution is -2.49. The number of aryl methyl sites for hydroxylation is 2. The highest BCUT2D eigenvalue weighted by Gasteiger charge is 2.36. The molecular formula is C17H26N2. The second-order valence-electron chi connectivity index (χ2n) is 6.48. The molecule has 0 bridgehead atoms. The summed E-state index contributed by atoms with van der Waals surface area (Å²) < 4.78 is 0. The van der Waals surface area contributed by atoms with Gasteiger partial charge in [-0.15, -0.1) is 0 Å². The van der Waals surface area contributed by atoms with E-state index in [9.17, 15) is 0 Å². The van der Waals surface area contributed by atoms with Crippen molar-refractivity contribution >= 4 is 5.69 Å². The Morgan fingerprint density at radius 3 is 2.63 bits per heavy atom. The number of anilines is 1. The van der Waals surface area contributed by atoms with Crippen LogP contribution in [0.25, 0.3) is 0 Å². The Kier molecular flexibility index (Phi) is 3.53. The average Bonchev–Trinajstić information content (AvgIpc) is 2.71. The van der Waals surface area contributed by atoms with Crippen molar-refractivity contribution in [3.8, 4) is 0 Å². The zero-order chi connectivity index (χ0) is 13.3. The van der Waals surface area contributed by atoms with Crippen LogP contribution in [0.5, 0.6) is 0 Å². The minimum absolute atomic E-state index is 0.397. The van der Waals surface area contributed by atoms with E-state index in [1.165, 1.54) is 68.6 Å². The second kappa shape index (κ2) is 5.16. The zero-order valence-electron chi connectivity index (χ0n) is 12.3. The molecule has 1 saturated carbocycles. The van der Waals surface area contributed by atoms with Gasteiger partial charge in [-0.05, 0) is 51.3 Å². The van der Waals surface area contributed by atoms with E-state index in [0.29, 0.717) is 5.54 Å². The molecule has 1 saturated heterocycles. The van der Waals surface area contributed by atoms with E-state index < -0.39 is 0 Å². The molecule has 2 fully saturated rings. The Balaban J connectivity index is 1.86. The molecule has 0 radical (unpaired) electrons. The first-order chi connectivity index (χ1) is 9.19. The number of nitrogens with zero attached hydrogens (tertiary/aromatic N) is 1. The van der Waals surface area contributed by atoms with Crippen molar-refractivity contribution in [3.05, 3.63) is 29.3 Å². The normalized spacial score (nSPS) is 22.7. The maximum absolute atomic E-state index is 3.85. The highest BCUT2D eigenvalue weighted by Crippen LogP contribution is 2.34. The van der Waals surface area contributed by atoms with Gasteiger partial charge in [0.2, 0.25) is 0 Å². The monoisotopic (exact) mass is 258 g/mol. The Bertz CT molecular complexity index is 447. The van der Waals surface area contributed by atoms with Gasteiger partial charge in [0.1, 0.15) is 0 Å². The predicted octanol–water partition coefficient (Wildman–Crippen LogP) is 3.42. The van der Waals surface area contributed by atoms with E-state index >= 15 is 0 Å². The third kappa shape index (κ3) is 2.64. The quantitative estimate of drug-likeness (QED) is 0.830. The lowest BCUT2D eigenvalue weighted by atomic mass is 9.96. The van der Waals surface area contributed by atoms with Crippen LogP contribution in [-0.2, 0) is 0 Å². The summed E-state index contributed by atoms with van der Waals surface area (Å²) in [4.78, 5) is 2.63. The van der Waals surface area contributed by atoms with Crippen molar-refractivity contribution in [1.29, 1.82) is 0 Å². The standard InChI is InChI=1S/C17H26N2/c1-14-6-7-16(15(2)12-14)19-11-5-10-18-17(13-19)8-3-4-9-17/h6-7,12,18H,3-5,8-11,13H2,1-2H3. The first-order valence-corrected chi connectivity index (χ1v) is 7.76. The topological polar surface area (TPSA) is 15.3 Å². The summed E-state index contributed by atoms with van der Waals surface area (Å²) in [5, 5.41) is 3.85. The fourth-order valence-electron chi connectivity index (χ4n) is 3.88. The van der Waals surface area contributed by atoms with E-state index in [0.717, 1.165) is 0 Å². The molecule has 0 atom stereocenters. The van der Waals surface area contributed by atoms with Gasteiger partial charge < -0.3 is 10.2 Å². The lowest BCUT2D eigenvalue weighted by Gasteiger charge is -2.35. The summed E-state index contributed by atoms with van der Waals surface area (Å²) in [6, 6.07) is 6.88. The maximum Gasteiger partial charge on any atom is 0.0396 e. The Hall–Kier alpha value is -1.02. The Labute approximate surface area is 117 Å². The fourth-order valence-corrected chi connectivity index (χ4v) is 3.88. The van der Waals surface area contributed by atoms with Gasteiger partial charge in [0.15, 0.2) is 0 Å². The van der Waals surface area contributed by atoms with Crippen LogP contribution in [-0.4, -0.2) is 25.2 Å². The maximum atomic E-state index is 3.85. The number of rotatable bonds is 1. The first kappa shape index (κ1) is 13.0. The molecule has 104 valence electrons. The summed E-state index contributed by atoms with van der Waals surface area (Å²) in [6.45, 7) is 8.00. The summed E-state index contributed by atoms with van der Waals surface area (Å²) in [7, 11) is 0. The molecule has 1 spiro atoms.